The van der Waals surface area contributed by atoms with Gasteiger partial charge in [-0.3, -0.25) is 14.9 Å². The van der Waals surface area contributed by atoms with Gasteiger partial charge >= 0.3 is 0 Å². The summed E-state index contributed by atoms with van der Waals surface area (Å²) < 4.78 is 0. The van der Waals surface area contributed by atoms with Gasteiger partial charge < -0.3 is 5.32 Å². The number of hydrogen-bond donors (Lipinski definition) is 1. The lowest BCUT2D eigenvalue weighted by Crippen LogP contribution is -2.27. The van der Waals surface area contributed by atoms with Crippen molar-refractivity contribution in [2.45, 2.75) is 19.9 Å². The number of aryl methyl sites for hydroxylation is 1. The smallest absolute Gasteiger partial charge is 0.288 e. The molecule has 0 bridgehead atoms. The Labute approximate surface area is 129 Å². The number of nitro benzene ring substituents is 1. The van der Waals surface area contributed by atoms with Crippen LogP contribution in [-0.4, -0.2) is 15.8 Å². The Balaban J connectivity index is 2.21. The van der Waals surface area contributed by atoms with Crippen LogP contribution in [0.15, 0.2) is 23.6 Å². The first-order valence-electron chi connectivity index (χ1n) is 6.06. The van der Waals surface area contributed by atoms with Crippen LogP contribution in [0.5, 0.6) is 0 Å². The van der Waals surface area contributed by atoms with E-state index >= 15 is 0 Å². The van der Waals surface area contributed by atoms with Gasteiger partial charge in [0.2, 0.25) is 0 Å². The molecule has 0 fully saturated rings. The first kappa shape index (κ1) is 15.4. The van der Waals surface area contributed by atoms with Crippen molar-refractivity contribution in [1.82, 2.24) is 10.3 Å². The van der Waals surface area contributed by atoms with Gasteiger partial charge in [0, 0.05) is 17.1 Å². The molecule has 8 heteroatoms. The number of rotatable bonds is 4. The van der Waals surface area contributed by atoms with E-state index in [1.807, 2.05) is 12.3 Å². The number of nitro groups is 1. The number of nitrogens with one attached hydrogen (secondary N) is 1. The van der Waals surface area contributed by atoms with Crippen LogP contribution in [0.3, 0.4) is 0 Å². The van der Waals surface area contributed by atoms with Crippen LogP contribution in [0.4, 0.5) is 5.69 Å². The molecule has 1 aromatic heterocycles. The van der Waals surface area contributed by atoms with Gasteiger partial charge in [-0.05, 0) is 19.9 Å². The van der Waals surface area contributed by atoms with E-state index in [-0.39, 0.29) is 22.3 Å². The molecular weight excluding hydrogens is 314 g/mol. The molecule has 1 amide bonds. The van der Waals surface area contributed by atoms with Crippen LogP contribution in [0.1, 0.15) is 34.0 Å². The van der Waals surface area contributed by atoms with Crippen LogP contribution in [-0.2, 0) is 0 Å². The highest BCUT2D eigenvalue weighted by Crippen LogP contribution is 2.28. The molecule has 0 aliphatic rings. The second kappa shape index (κ2) is 6.19. The van der Waals surface area contributed by atoms with Crippen molar-refractivity contribution in [2.24, 2.45) is 0 Å². The maximum atomic E-state index is 12.2. The zero-order valence-electron chi connectivity index (χ0n) is 11.3. The van der Waals surface area contributed by atoms with Gasteiger partial charge in [-0.15, -0.1) is 11.3 Å². The molecule has 1 heterocycles. The van der Waals surface area contributed by atoms with Crippen molar-refractivity contribution in [3.63, 3.8) is 0 Å². The van der Waals surface area contributed by atoms with E-state index in [2.05, 4.69) is 10.3 Å². The van der Waals surface area contributed by atoms with Gasteiger partial charge in [0.15, 0.2) is 0 Å². The quantitative estimate of drug-likeness (QED) is 0.688. The molecule has 21 heavy (non-hydrogen) atoms. The van der Waals surface area contributed by atoms with Crippen LogP contribution < -0.4 is 5.32 Å². The minimum absolute atomic E-state index is 0.0750. The van der Waals surface area contributed by atoms with E-state index in [1.165, 1.54) is 29.5 Å². The van der Waals surface area contributed by atoms with Gasteiger partial charge in [0.05, 0.1) is 16.5 Å². The van der Waals surface area contributed by atoms with Gasteiger partial charge in [-0.2, -0.15) is 0 Å². The largest absolute Gasteiger partial charge is 0.343 e. The lowest BCUT2D eigenvalue weighted by molar-refractivity contribution is -0.384. The molecule has 0 saturated heterocycles. The fourth-order valence-corrected chi connectivity index (χ4v) is 2.83. The van der Waals surface area contributed by atoms with Crippen molar-refractivity contribution >= 4 is 34.5 Å². The number of thiazole rings is 1. The number of benzene rings is 1. The first-order chi connectivity index (χ1) is 9.90. The summed E-state index contributed by atoms with van der Waals surface area (Å²) in [4.78, 5) is 26.7. The van der Waals surface area contributed by atoms with E-state index < -0.39 is 10.8 Å². The molecule has 6 nitrogen and oxygen atoms in total. The maximum absolute atomic E-state index is 12.2. The zero-order valence-corrected chi connectivity index (χ0v) is 12.9. The number of hydrogen-bond acceptors (Lipinski definition) is 5. The van der Waals surface area contributed by atoms with Crippen molar-refractivity contribution in [1.29, 1.82) is 0 Å². The minimum Gasteiger partial charge on any atom is -0.343 e. The average Bonchev–Trinajstić information content (AvgIpc) is 2.85. The molecule has 0 radical (unpaired) electrons. The zero-order chi connectivity index (χ0) is 15.6. The Hall–Kier alpha value is -1.99. The number of carbonyl (C=O) groups excluding carboxylic acids is 1. The third-order valence-electron chi connectivity index (χ3n) is 2.77. The third kappa shape index (κ3) is 3.37. The Kier molecular flexibility index (Phi) is 4.54. The molecule has 1 N–H and O–H groups in total. The standard InChI is InChI=1S/C13H12ClN3O3S/c1-7-6-21-13(15-7)8(2)16-12(18)9-4-3-5-10(11(9)14)17(19)20/h3-6,8H,1-2H3,(H,16,18). The molecule has 1 aromatic carbocycles. The second-order valence-corrected chi connectivity index (χ2v) is 5.69. The summed E-state index contributed by atoms with van der Waals surface area (Å²) in [6.07, 6.45) is 0. The summed E-state index contributed by atoms with van der Waals surface area (Å²) >= 11 is 7.36. The number of halogens is 1. The van der Waals surface area contributed by atoms with Gasteiger partial charge in [0.25, 0.3) is 11.6 Å². The number of amides is 1. The lowest BCUT2D eigenvalue weighted by Gasteiger charge is -2.12. The molecule has 110 valence electrons. The van der Waals surface area contributed by atoms with Crippen LogP contribution >= 0.6 is 22.9 Å². The van der Waals surface area contributed by atoms with Crippen LogP contribution in [0, 0.1) is 17.0 Å². The van der Waals surface area contributed by atoms with Crippen molar-refractivity contribution < 1.29 is 9.72 Å². The summed E-state index contributed by atoms with van der Waals surface area (Å²) in [5, 5.41) is 16.0. The Morgan fingerprint density at radius 1 is 1.52 bits per heavy atom. The van der Waals surface area contributed by atoms with Gasteiger partial charge in [-0.1, -0.05) is 17.7 Å². The summed E-state index contributed by atoms with van der Waals surface area (Å²) in [6, 6.07) is 3.83. The van der Waals surface area contributed by atoms with E-state index in [9.17, 15) is 14.9 Å². The summed E-state index contributed by atoms with van der Waals surface area (Å²) in [7, 11) is 0. The van der Waals surface area contributed by atoms with Gasteiger partial charge in [-0.25, -0.2) is 4.98 Å². The molecule has 1 unspecified atom stereocenters. The van der Waals surface area contributed by atoms with Crippen molar-refractivity contribution in [2.75, 3.05) is 0 Å². The van der Waals surface area contributed by atoms with Crippen LogP contribution in [0.2, 0.25) is 5.02 Å². The van der Waals surface area contributed by atoms with Crippen molar-refractivity contribution in [3.05, 3.63) is 55.0 Å². The predicted octanol–water partition coefficient (Wildman–Crippen LogP) is 3.50. The summed E-state index contributed by atoms with van der Waals surface area (Å²) in [5.41, 5.74) is 0.664. The molecule has 0 aliphatic carbocycles. The average molecular weight is 326 g/mol. The second-order valence-electron chi connectivity index (χ2n) is 4.42. The molecular formula is C13H12ClN3O3S. The highest BCUT2D eigenvalue weighted by Gasteiger charge is 2.21. The normalized spacial score (nSPS) is 12.0. The van der Waals surface area contributed by atoms with E-state index in [1.54, 1.807) is 6.92 Å². The molecule has 0 saturated carbocycles. The fourth-order valence-electron chi connectivity index (χ4n) is 1.74. The Morgan fingerprint density at radius 2 is 2.24 bits per heavy atom. The fraction of sp³-hybridized carbons (Fsp3) is 0.231. The SMILES string of the molecule is Cc1csc(C(C)NC(=O)c2cccc([N+](=O)[O-])c2Cl)n1. The maximum Gasteiger partial charge on any atom is 0.288 e. The summed E-state index contributed by atoms with van der Waals surface area (Å²) in [5.74, 6) is -0.468. The highest BCUT2D eigenvalue weighted by molar-refractivity contribution is 7.09. The Bertz CT molecular complexity index is 702. The topological polar surface area (TPSA) is 85.1 Å². The molecule has 2 aromatic rings. The molecule has 0 spiro atoms. The number of nitrogens with zero attached hydrogens (tertiary/aromatic N) is 2. The van der Waals surface area contributed by atoms with Crippen molar-refractivity contribution in [3.8, 4) is 0 Å². The van der Waals surface area contributed by atoms with Gasteiger partial charge in [0.1, 0.15) is 10.0 Å². The highest BCUT2D eigenvalue weighted by atomic mass is 35.5. The summed E-state index contributed by atoms with van der Waals surface area (Å²) in [6.45, 7) is 3.66. The number of aromatic nitrogens is 1. The molecule has 0 aliphatic heterocycles. The minimum atomic E-state index is -0.618. The molecule has 2 rings (SSSR count). The third-order valence-corrected chi connectivity index (χ3v) is 4.32. The van der Waals surface area contributed by atoms with E-state index in [0.717, 1.165) is 10.7 Å². The molecule has 1 atom stereocenters. The Morgan fingerprint density at radius 3 is 2.81 bits per heavy atom. The van der Waals surface area contributed by atoms with Crippen LogP contribution in [0.25, 0.3) is 0 Å². The number of carbonyl (C=O) groups is 1. The van der Waals surface area contributed by atoms with E-state index in [4.69, 9.17) is 11.6 Å². The lowest BCUT2D eigenvalue weighted by atomic mass is 10.1. The first-order valence-corrected chi connectivity index (χ1v) is 7.31. The monoisotopic (exact) mass is 325 g/mol. The predicted molar refractivity (Wildman–Crippen MR) is 80.8 cm³/mol. The van der Waals surface area contributed by atoms with E-state index in [0.29, 0.717) is 0 Å².